The first-order chi connectivity index (χ1) is 9.56. The first kappa shape index (κ1) is 13.6. The van der Waals surface area contributed by atoms with Crippen molar-refractivity contribution in [2.24, 2.45) is 0 Å². The molecule has 1 atom stereocenters. The second-order valence-electron chi connectivity index (χ2n) is 5.01. The van der Waals surface area contributed by atoms with E-state index >= 15 is 0 Å². The Hall–Kier alpha value is -1.39. The van der Waals surface area contributed by atoms with Crippen molar-refractivity contribution in [3.8, 4) is 5.75 Å². The zero-order valence-corrected chi connectivity index (χ0v) is 12.6. The molecule has 0 radical (unpaired) electrons. The standard InChI is InChI=1S/C16H14BrFO2/c1-9-2-3-14(18)12(6-9)15(19)13-8-11(17)7-10-4-5-20-16(10)13/h2-3,6-8,15,19H,4-5H2,1H3. The van der Waals surface area contributed by atoms with E-state index in [0.717, 1.165) is 22.0 Å². The third kappa shape index (κ3) is 2.34. The van der Waals surface area contributed by atoms with Gasteiger partial charge in [0.15, 0.2) is 0 Å². The van der Waals surface area contributed by atoms with Crippen molar-refractivity contribution in [2.45, 2.75) is 19.4 Å². The Morgan fingerprint density at radius 3 is 2.85 bits per heavy atom. The molecule has 3 rings (SSSR count). The Morgan fingerprint density at radius 1 is 1.25 bits per heavy atom. The second-order valence-corrected chi connectivity index (χ2v) is 5.92. The fraction of sp³-hybridized carbons (Fsp3) is 0.250. The minimum atomic E-state index is -1.03. The molecule has 1 aliphatic rings. The first-order valence-electron chi connectivity index (χ1n) is 6.45. The molecule has 0 spiro atoms. The van der Waals surface area contributed by atoms with Crippen LogP contribution in [0.1, 0.15) is 28.4 Å². The van der Waals surface area contributed by atoms with Gasteiger partial charge in [-0.3, -0.25) is 0 Å². The van der Waals surface area contributed by atoms with E-state index in [1.807, 2.05) is 13.0 Å². The highest BCUT2D eigenvalue weighted by Gasteiger charge is 2.24. The van der Waals surface area contributed by atoms with Crippen molar-refractivity contribution in [3.63, 3.8) is 0 Å². The molecule has 0 bridgehead atoms. The van der Waals surface area contributed by atoms with Crippen LogP contribution in [0.15, 0.2) is 34.8 Å². The van der Waals surface area contributed by atoms with Crippen molar-refractivity contribution < 1.29 is 14.2 Å². The molecule has 0 fully saturated rings. The molecule has 1 aliphatic heterocycles. The van der Waals surface area contributed by atoms with Crippen LogP contribution in [0.3, 0.4) is 0 Å². The minimum Gasteiger partial charge on any atom is -0.493 e. The molecule has 0 amide bonds. The monoisotopic (exact) mass is 336 g/mol. The predicted octanol–water partition coefficient (Wildman–Crippen LogP) is 3.91. The van der Waals surface area contributed by atoms with E-state index in [2.05, 4.69) is 15.9 Å². The molecular formula is C16H14BrFO2. The fourth-order valence-corrected chi connectivity index (χ4v) is 3.06. The van der Waals surface area contributed by atoms with Crippen molar-refractivity contribution in [3.05, 3.63) is 62.9 Å². The fourth-order valence-electron chi connectivity index (χ4n) is 2.54. The largest absolute Gasteiger partial charge is 0.493 e. The average Bonchev–Trinajstić information content (AvgIpc) is 2.87. The molecule has 4 heteroatoms. The number of benzene rings is 2. The molecule has 0 saturated heterocycles. The quantitative estimate of drug-likeness (QED) is 0.900. The van der Waals surface area contributed by atoms with E-state index < -0.39 is 11.9 Å². The molecule has 0 aliphatic carbocycles. The summed E-state index contributed by atoms with van der Waals surface area (Å²) in [6.45, 7) is 2.47. The Labute approximate surface area is 125 Å². The van der Waals surface area contributed by atoms with Gasteiger partial charge in [-0.05, 0) is 30.7 Å². The predicted molar refractivity (Wildman–Crippen MR) is 78.5 cm³/mol. The lowest BCUT2D eigenvalue weighted by molar-refractivity contribution is 0.208. The summed E-state index contributed by atoms with van der Waals surface area (Å²) in [5, 5.41) is 10.5. The lowest BCUT2D eigenvalue weighted by atomic mass is 9.97. The van der Waals surface area contributed by atoms with Gasteiger partial charge >= 0.3 is 0 Å². The number of rotatable bonds is 2. The Kier molecular flexibility index (Phi) is 3.52. The Balaban J connectivity index is 2.11. The van der Waals surface area contributed by atoms with Crippen LogP contribution in [-0.4, -0.2) is 11.7 Å². The second kappa shape index (κ2) is 5.19. The van der Waals surface area contributed by atoms with Gasteiger partial charge in [-0.2, -0.15) is 0 Å². The van der Waals surface area contributed by atoms with Crippen LogP contribution in [0, 0.1) is 12.7 Å². The third-order valence-corrected chi connectivity index (χ3v) is 3.98. The summed E-state index contributed by atoms with van der Waals surface area (Å²) < 4.78 is 20.4. The number of hydrogen-bond donors (Lipinski definition) is 1. The van der Waals surface area contributed by atoms with Crippen molar-refractivity contribution in [2.75, 3.05) is 6.61 Å². The number of aliphatic hydroxyl groups is 1. The Bertz CT molecular complexity index is 670. The lowest BCUT2D eigenvalue weighted by Crippen LogP contribution is -2.05. The van der Waals surface area contributed by atoms with E-state index in [-0.39, 0.29) is 5.56 Å². The Morgan fingerprint density at radius 2 is 2.05 bits per heavy atom. The zero-order valence-electron chi connectivity index (χ0n) is 11.0. The SMILES string of the molecule is Cc1ccc(F)c(C(O)c2cc(Br)cc3c2OCC3)c1. The highest BCUT2D eigenvalue weighted by Crippen LogP contribution is 2.39. The molecule has 104 valence electrons. The lowest BCUT2D eigenvalue weighted by Gasteiger charge is -2.17. The summed E-state index contributed by atoms with van der Waals surface area (Å²) in [4.78, 5) is 0. The molecule has 1 unspecified atom stereocenters. The topological polar surface area (TPSA) is 29.5 Å². The highest BCUT2D eigenvalue weighted by molar-refractivity contribution is 9.10. The molecule has 0 saturated carbocycles. The molecule has 2 aromatic carbocycles. The van der Waals surface area contributed by atoms with Crippen LogP contribution in [0.2, 0.25) is 0 Å². The van der Waals surface area contributed by atoms with Gasteiger partial charge in [0.2, 0.25) is 0 Å². The molecule has 0 aromatic heterocycles. The summed E-state index contributed by atoms with van der Waals surface area (Å²) in [6, 6.07) is 8.50. The van der Waals surface area contributed by atoms with E-state index in [0.29, 0.717) is 17.9 Å². The number of halogens is 2. The van der Waals surface area contributed by atoms with Gasteiger partial charge in [-0.25, -0.2) is 4.39 Å². The van der Waals surface area contributed by atoms with E-state index in [1.54, 1.807) is 18.2 Å². The number of ether oxygens (including phenoxy) is 1. The average molecular weight is 337 g/mol. The maximum absolute atomic E-state index is 13.9. The van der Waals surface area contributed by atoms with Crippen molar-refractivity contribution in [1.82, 2.24) is 0 Å². The van der Waals surface area contributed by atoms with E-state index in [9.17, 15) is 9.50 Å². The number of aryl methyl sites for hydroxylation is 1. The van der Waals surface area contributed by atoms with Gasteiger partial charge in [0.25, 0.3) is 0 Å². The van der Waals surface area contributed by atoms with Crippen LogP contribution in [-0.2, 0) is 6.42 Å². The smallest absolute Gasteiger partial charge is 0.129 e. The zero-order chi connectivity index (χ0) is 14.3. The molecular weight excluding hydrogens is 323 g/mol. The van der Waals surface area contributed by atoms with E-state index in [4.69, 9.17) is 4.74 Å². The van der Waals surface area contributed by atoms with Crippen LogP contribution in [0.25, 0.3) is 0 Å². The summed E-state index contributed by atoms with van der Waals surface area (Å²) in [7, 11) is 0. The van der Waals surface area contributed by atoms with Crippen molar-refractivity contribution in [1.29, 1.82) is 0 Å². The number of hydrogen-bond acceptors (Lipinski definition) is 2. The van der Waals surface area contributed by atoms with Gasteiger partial charge in [-0.1, -0.05) is 33.6 Å². The van der Waals surface area contributed by atoms with Gasteiger partial charge in [0.05, 0.1) is 6.61 Å². The molecule has 2 nitrogen and oxygen atoms in total. The molecule has 2 aromatic rings. The number of aliphatic hydroxyl groups excluding tert-OH is 1. The number of fused-ring (bicyclic) bond motifs is 1. The van der Waals surface area contributed by atoms with Crippen LogP contribution < -0.4 is 4.74 Å². The van der Waals surface area contributed by atoms with Crippen LogP contribution in [0.5, 0.6) is 5.75 Å². The first-order valence-corrected chi connectivity index (χ1v) is 7.25. The summed E-state index contributed by atoms with van der Waals surface area (Å²) in [6.07, 6.45) is -0.218. The van der Waals surface area contributed by atoms with Crippen LogP contribution >= 0.6 is 15.9 Å². The maximum atomic E-state index is 13.9. The van der Waals surface area contributed by atoms with Gasteiger partial charge in [0.1, 0.15) is 17.7 Å². The maximum Gasteiger partial charge on any atom is 0.129 e. The van der Waals surface area contributed by atoms with Crippen LogP contribution in [0.4, 0.5) is 4.39 Å². The van der Waals surface area contributed by atoms with Gasteiger partial charge < -0.3 is 9.84 Å². The normalized spacial score (nSPS) is 14.8. The summed E-state index contributed by atoms with van der Waals surface area (Å²) >= 11 is 3.43. The third-order valence-electron chi connectivity index (χ3n) is 3.52. The summed E-state index contributed by atoms with van der Waals surface area (Å²) in [5.74, 6) is 0.274. The van der Waals surface area contributed by atoms with Gasteiger partial charge in [0, 0.05) is 22.0 Å². The molecule has 1 heterocycles. The highest BCUT2D eigenvalue weighted by atomic mass is 79.9. The van der Waals surface area contributed by atoms with Gasteiger partial charge in [-0.15, -0.1) is 0 Å². The molecule has 1 N–H and O–H groups in total. The minimum absolute atomic E-state index is 0.279. The summed E-state index contributed by atoms with van der Waals surface area (Å²) in [5.41, 5.74) is 2.84. The van der Waals surface area contributed by atoms with E-state index in [1.165, 1.54) is 6.07 Å². The van der Waals surface area contributed by atoms with Crippen molar-refractivity contribution >= 4 is 15.9 Å². The molecule has 20 heavy (non-hydrogen) atoms.